The highest BCUT2D eigenvalue weighted by molar-refractivity contribution is 5.88. The van der Waals surface area contributed by atoms with Gasteiger partial charge in [-0.05, 0) is 73.7 Å². The maximum atomic E-state index is 12.8. The SMILES string of the molecule is CCC(CC)Oc1cccc(ON([O-])c2ccc3cccc(CN([O-])C(C)(C)CC)c3c2)c1. The molecular weight excluding hydrogens is 416 g/mol. The normalized spacial score (nSPS) is 11.9. The minimum Gasteiger partial charge on any atom is -0.785 e. The third-order valence-electron chi connectivity index (χ3n) is 6.23. The Kier molecular flexibility index (Phi) is 8.19. The van der Waals surface area contributed by atoms with E-state index in [0.717, 1.165) is 40.7 Å². The Hall–Kier alpha value is -2.80. The number of nitrogens with zero attached hydrogens (tertiary/aromatic N) is 2. The van der Waals surface area contributed by atoms with Crippen LogP contribution in [0.15, 0.2) is 60.7 Å². The fraction of sp³-hybridized carbons (Fsp3) is 0.407. The van der Waals surface area contributed by atoms with E-state index in [4.69, 9.17) is 9.57 Å². The molecule has 0 saturated carbocycles. The summed E-state index contributed by atoms with van der Waals surface area (Å²) in [5, 5.41) is 29.0. The van der Waals surface area contributed by atoms with E-state index < -0.39 is 5.54 Å². The molecule has 3 rings (SSSR count). The smallest absolute Gasteiger partial charge is 0.157 e. The van der Waals surface area contributed by atoms with Crippen molar-refractivity contribution < 1.29 is 9.57 Å². The highest BCUT2D eigenvalue weighted by Crippen LogP contribution is 2.29. The zero-order valence-corrected chi connectivity index (χ0v) is 20.2. The molecule has 33 heavy (non-hydrogen) atoms. The summed E-state index contributed by atoms with van der Waals surface area (Å²) < 4.78 is 5.95. The summed E-state index contributed by atoms with van der Waals surface area (Å²) in [7, 11) is 0. The van der Waals surface area contributed by atoms with Crippen LogP contribution in [-0.2, 0) is 6.54 Å². The van der Waals surface area contributed by atoms with Crippen molar-refractivity contribution >= 4 is 16.5 Å². The molecule has 0 aromatic heterocycles. The predicted molar refractivity (Wildman–Crippen MR) is 135 cm³/mol. The van der Waals surface area contributed by atoms with E-state index in [1.807, 2.05) is 51.1 Å². The largest absolute Gasteiger partial charge is 0.785 e. The number of hydrogen-bond donors (Lipinski definition) is 0. The lowest BCUT2D eigenvalue weighted by molar-refractivity contribution is 0.172. The summed E-state index contributed by atoms with van der Waals surface area (Å²) in [5.74, 6) is 1.07. The average Bonchev–Trinajstić information content (AvgIpc) is 2.82. The highest BCUT2D eigenvalue weighted by atomic mass is 16.9. The summed E-state index contributed by atoms with van der Waals surface area (Å²) in [5.41, 5.74) is 0.767. The first-order valence-corrected chi connectivity index (χ1v) is 11.7. The average molecular weight is 451 g/mol. The Morgan fingerprint density at radius 2 is 1.58 bits per heavy atom. The van der Waals surface area contributed by atoms with Crippen LogP contribution in [-0.4, -0.2) is 16.7 Å². The van der Waals surface area contributed by atoms with Crippen LogP contribution in [0.4, 0.5) is 5.69 Å². The van der Waals surface area contributed by atoms with E-state index in [-0.39, 0.29) is 12.6 Å². The zero-order chi connectivity index (χ0) is 24.0. The van der Waals surface area contributed by atoms with Crippen LogP contribution in [0.25, 0.3) is 10.8 Å². The summed E-state index contributed by atoms with van der Waals surface area (Å²) in [6.07, 6.45) is 2.69. The predicted octanol–water partition coefficient (Wildman–Crippen LogP) is 7.19. The van der Waals surface area contributed by atoms with Crippen molar-refractivity contribution in [1.82, 2.24) is 5.06 Å². The molecule has 0 radical (unpaired) electrons. The van der Waals surface area contributed by atoms with E-state index in [9.17, 15) is 10.4 Å². The lowest BCUT2D eigenvalue weighted by Gasteiger charge is -2.44. The van der Waals surface area contributed by atoms with Crippen molar-refractivity contribution in [3.8, 4) is 11.5 Å². The van der Waals surface area contributed by atoms with Crippen LogP contribution in [0.1, 0.15) is 59.4 Å². The molecule has 0 unspecified atom stereocenters. The molecule has 0 N–H and O–H groups in total. The molecular formula is C27H34N2O4-2. The standard InChI is InChI=1S/C27H34N2O4/c1-6-23(7-2)32-24-13-10-14-25(18-24)33-29(31)22-16-15-20-11-9-12-21(26(20)17-22)19-28(30)27(4,5)8-3/h9-18,23H,6-8,19H2,1-5H3/q-2. The summed E-state index contributed by atoms with van der Waals surface area (Å²) in [6, 6.07) is 18.3. The molecule has 178 valence electrons. The van der Waals surface area contributed by atoms with E-state index >= 15 is 0 Å². The Morgan fingerprint density at radius 3 is 2.27 bits per heavy atom. The molecule has 0 atom stereocenters. The van der Waals surface area contributed by atoms with Gasteiger partial charge in [-0.25, -0.2) is 0 Å². The monoisotopic (exact) mass is 450 g/mol. The van der Waals surface area contributed by atoms with Crippen molar-refractivity contribution in [2.24, 2.45) is 0 Å². The minimum absolute atomic E-state index is 0.126. The van der Waals surface area contributed by atoms with Gasteiger partial charge in [-0.2, -0.15) is 0 Å². The number of rotatable bonds is 11. The van der Waals surface area contributed by atoms with Gasteiger partial charge in [0.2, 0.25) is 0 Å². The fourth-order valence-corrected chi connectivity index (χ4v) is 3.52. The van der Waals surface area contributed by atoms with Gasteiger partial charge < -0.3 is 25.1 Å². The molecule has 3 aromatic rings. The molecule has 0 bridgehead atoms. The van der Waals surface area contributed by atoms with Crippen LogP contribution >= 0.6 is 0 Å². The van der Waals surface area contributed by atoms with E-state index in [2.05, 4.69) is 13.8 Å². The molecule has 0 aliphatic carbocycles. The first kappa shape index (κ1) is 24.8. The van der Waals surface area contributed by atoms with Crippen LogP contribution in [0.5, 0.6) is 11.5 Å². The van der Waals surface area contributed by atoms with Gasteiger partial charge in [0.25, 0.3) is 0 Å². The Morgan fingerprint density at radius 1 is 0.879 bits per heavy atom. The Balaban J connectivity index is 1.81. The second-order valence-corrected chi connectivity index (χ2v) is 8.90. The number of fused-ring (bicyclic) bond motifs is 1. The maximum absolute atomic E-state index is 12.8. The topological polar surface area (TPSA) is 71.1 Å². The number of benzene rings is 3. The van der Waals surface area contributed by atoms with E-state index in [1.54, 1.807) is 30.3 Å². The quantitative estimate of drug-likeness (QED) is 0.288. The van der Waals surface area contributed by atoms with E-state index in [0.29, 0.717) is 22.4 Å². The molecule has 6 nitrogen and oxygen atoms in total. The number of ether oxygens (including phenoxy) is 1. The van der Waals surface area contributed by atoms with Crippen LogP contribution in [0.2, 0.25) is 0 Å². The van der Waals surface area contributed by atoms with Crippen LogP contribution < -0.4 is 14.8 Å². The van der Waals surface area contributed by atoms with Crippen LogP contribution in [0.3, 0.4) is 0 Å². The van der Waals surface area contributed by atoms with E-state index in [1.165, 1.54) is 0 Å². The fourth-order valence-electron chi connectivity index (χ4n) is 3.52. The maximum Gasteiger partial charge on any atom is 0.157 e. The third-order valence-corrected chi connectivity index (χ3v) is 6.23. The Labute approximate surface area is 196 Å². The molecule has 0 aliphatic heterocycles. The second kappa shape index (κ2) is 10.9. The molecule has 6 heteroatoms. The first-order valence-electron chi connectivity index (χ1n) is 11.7. The first-order chi connectivity index (χ1) is 15.8. The molecule has 3 aromatic carbocycles. The molecule has 0 aliphatic rings. The molecule has 0 saturated heterocycles. The molecule has 0 heterocycles. The second-order valence-electron chi connectivity index (χ2n) is 8.90. The zero-order valence-electron chi connectivity index (χ0n) is 20.2. The number of hydroxylamine groups is 2. The number of hydrogen-bond acceptors (Lipinski definition) is 6. The van der Waals surface area contributed by atoms with Crippen molar-refractivity contribution in [1.29, 1.82) is 0 Å². The van der Waals surface area contributed by atoms with Gasteiger partial charge in [0.05, 0.1) is 11.8 Å². The summed E-state index contributed by atoms with van der Waals surface area (Å²) in [4.78, 5) is 5.56. The van der Waals surface area contributed by atoms with Crippen molar-refractivity contribution in [2.75, 3.05) is 5.23 Å². The van der Waals surface area contributed by atoms with Crippen LogP contribution in [0, 0.1) is 10.4 Å². The highest BCUT2D eigenvalue weighted by Gasteiger charge is 2.18. The third kappa shape index (κ3) is 6.16. The van der Waals surface area contributed by atoms with Gasteiger partial charge in [-0.15, -0.1) is 0 Å². The van der Waals surface area contributed by atoms with Crippen molar-refractivity contribution in [3.63, 3.8) is 0 Å². The summed E-state index contributed by atoms with van der Waals surface area (Å²) >= 11 is 0. The summed E-state index contributed by atoms with van der Waals surface area (Å²) in [6.45, 7) is 10.3. The number of anilines is 1. The molecule has 0 fully saturated rings. The van der Waals surface area contributed by atoms with Crippen molar-refractivity contribution in [2.45, 2.75) is 72.1 Å². The minimum atomic E-state index is -0.463. The van der Waals surface area contributed by atoms with Gasteiger partial charge in [-0.3, -0.25) is 5.23 Å². The van der Waals surface area contributed by atoms with Gasteiger partial charge in [0, 0.05) is 18.2 Å². The molecule has 0 amide bonds. The van der Waals surface area contributed by atoms with Gasteiger partial charge >= 0.3 is 0 Å². The van der Waals surface area contributed by atoms with Gasteiger partial charge in [-0.1, -0.05) is 51.1 Å². The van der Waals surface area contributed by atoms with Gasteiger partial charge in [0.1, 0.15) is 5.75 Å². The molecule has 0 spiro atoms. The van der Waals surface area contributed by atoms with Gasteiger partial charge in [0.15, 0.2) is 5.75 Å². The Bertz CT molecular complexity index is 1050. The van der Waals surface area contributed by atoms with Crippen molar-refractivity contribution in [3.05, 3.63) is 76.6 Å². The lowest BCUT2D eigenvalue weighted by atomic mass is 9.99. The lowest BCUT2D eigenvalue weighted by Crippen LogP contribution is -2.38.